The summed E-state index contributed by atoms with van der Waals surface area (Å²) >= 11 is 0. The van der Waals surface area contributed by atoms with E-state index in [1.807, 2.05) is 0 Å². The third kappa shape index (κ3) is 2.10. The number of rotatable bonds is 4. The van der Waals surface area contributed by atoms with Gasteiger partial charge in [-0.15, -0.1) is 0 Å². The summed E-state index contributed by atoms with van der Waals surface area (Å²) in [7, 11) is 0. The van der Waals surface area contributed by atoms with Crippen LogP contribution < -0.4 is 5.32 Å². The highest BCUT2D eigenvalue weighted by Crippen LogP contribution is 2.41. The van der Waals surface area contributed by atoms with E-state index in [0.717, 1.165) is 31.6 Å². The Labute approximate surface area is 117 Å². The summed E-state index contributed by atoms with van der Waals surface area (Å²) in [5.74, 6) is 1.17. The summed E-state index contributed by atoms with van der Waals surface area (Å²) in [5, 5.41) is 3.73. The fourth-order valence-corrected chi connectivity index (χ4v) is 4.28. The molecule has 19 heavy (non-hydrogen) atoms. The molecule has 0 bridgehead atoms. The molecular formula is C16H28N2O. The van der Waals surface area contributed by atoms with Crippen LogP contribution in [0, 0.1) is 5.92 Å². The standard InChI is InChI=1S/C16H28N2O/c1-3-7-14-17-16(10-4-5-11-16)15(19)18(14)12(2)13-8-6-9-13/h12-14,17H,3-11H2,1-2H3. The molecule has 3 aliphatic rings. The molecule has 3 fully saturated rings. The Kier molecular flexibility index (Phi) is 3.59. The molecule has 3 rings (SSSR count). The summed E-state index contributed by atoms with van der Waals surface area (Å²) in [6, 6.07) is 0.435. The van der Waals surface area contributed by atoms with E-state index in [1.165, 1.54) is 32.1 Å². The van der Waals surface area contributed by atoms with Crippen molar-refractivity contribution in [3.8, 4) is 0 Å². The summed E-state index contributed by atoms with van der Waals surface area (Å²) in [6.45, 7) is 4.50. The quantitative estimate of drug-likeness (QED) is 0.846. The van der Waals surface area contributed by atoms with Crippen LogP contribution in [0.3, 0.4) is 0 Å². The SMILES string of the molecule is CCCC1NC2(CCCC2)C(=O)N1C(C)C1CCC1. The zero-order valence-electron chi connectivity index (χ0n) is 12.5. The average Bonchev–Trinajstić information content (AvgIpc) is 2.86. The van der Waals surface area contributed by atoms with Crippen molar-refractivity contribution in [2.45, 2.75) is 89.4 Å². The predicted molar refractivity (Wildman–Crippen MR) is 76.7 cm³/mol. The van der Waals surface area contributed by atoms with Gasteiger partial charge in [0.1, 0.15) is 0 Å². The molecule has 2 atom stereocenters. The van der Waals surface area contributed by atoms with Crippen molar-refractivity contribution in [3.05, 3.63) is 0 Å². The molecule has 1 saturated heterocycles. The third-order valence-corrected chi connectivity index (χ3v) is 5.71. The average molecular weight is 264 g/mol. The molecule has 108 valence electrons. The van der Waals surface area contributed by atoms with Crippen molar-refractivity contribution in [3.63, 3.8) is 0 Å². The van der Waals surface area contributed by atoms with Gasteiger partial charge in [-0.2, -0.15) is 0 Å². The molecule has 2 saturated carbocycles. The van der Waals surface area contributed by atoms with Gasteiger partial charge in [-0.05, 0) is 44.9 Å². The van der Waals surface area contributed by atoms with E-state index in [9.17, 15) is 4.79 Å². The number of amides is 1. The van der Waals surface area contributed by atoms with Crippen molar-refractivity contribution < 1.29 is 4.79 Å². The molecule has 1 spiro atoms. The highest BCUT2D eigenvalue weighted by Gasteiger charge is 2.53. The minimum atomic E-state index is -0.183. The lowest BCUT2D eigenvalue weighted by Crippen LogP contribution is -2.48. The van der Waals surface area contributed by atoms with Gasteiger partial charge in [0.15, 0.2) is 0 Å². The maximum atomic E-state index is 13.0. The van der Waals surface area contributed by atoms with Crippen LogP contribution >= 0.6 is 0 Å². The van der Waals surface area contributed by atoms with Crippen LogP contribution in [0.25, 0.3) is 0 Å². The number of hydrogen-bond donors (Lipinski definition) is 1. The van der Waals surface area contributed by atoms with Gasteiger partial charge in [-0.3, -0.25) is 10.1 Å². The van der Waals surface area contributed by atoms with Gasteiger partial charge in [-0.25, -0.2) is 0 Å². The van der Waals surface area contributed by atoms with Crippen molar-refractivity contribution in [2.75, 3.05) is 0 Å². The van der Waals surface area contributed by atoms with Crippen LogP contribution in [0.15, 0.2) is 0 Å². The van der Waals surface area contributed by atoms with E-state index in [-0.39, 0.29) is 5.54 Å². The first kappa shape index (κ1) is 13.4. The van der Waals surface area contributed by atoms with Gasteiger partial charge >= 0.3 is 0 Å². The van der Waals surface area contributed by atoms with Crippen LogP contribution in [0.5, 0.6) is 0 Å². The van der Waals surface area contributed by atoms with Crippen molar-refractivity contribution in [2.24, 2.45) is 5.92 Å². The predicted octanol–water partition coefficient (Wildman–Crippen LogP) is 3.05. The van der Waals surface area contributed by atoms with E-state index < -0.39 is 0 Å². The molecule has 2 unspecified atom stereocenters. The molecule has 1 amide bonds. The normalized spacial score (nSPS) is 32.0. The zero-order valence-corrected chi connectivity index (χ0v) is 12.5. The first-order valence-electron chi connectivity index (χ1n) is 8.28. The molecular weight excluding hydrogens is 236 g/mol. The Bertz CT molecular complexity index is 345. The monoisotopic (exact) mass is 264 g/mol. The molecule has 1 heterocycles. The number of hydrogen-bond acceptors (Lipinski definition) is 2. The second kappa shape index (κ2) is 5.08. The Morgan fingerprint density at radius 2 is 2.00 bits per heavy atom. The van der Waals surface area contributed by atoms with E-state index >= 15 is 0 Å². The molecule has 1 N–H and O–H groups in total. The molecule has 0 aromatic carbocycles. The summed E-state index contributed by atoms with van der Waals surface area (Å²) in [4.78, 5) is 15.2. The van der Waals surface area contributed by atoms with Crippen LogP contribution in [-0.2, 0) is 4.79 Å². The smallest absolute Gasteiger partial charge is 0.244 e. The Balaban J connectivity index is 1.80. The van der Waals surface area contributed by atoms with Crippen LogP contribution in [-0.4, -0.2) is 28.6 Å². The molecule has 1 aliphatic heterocycles. The van der Waals surface area contributed by atoms with E-state index in [1.54, 1.807) is 0 Å². The number of carbonyl (C=O) groups excluding carboxylic acids is 1. The van der Waals surface area contributed by atoms with Gasteiger partial charge in [0.25, 0.3) is 0 Å². The molecule has 3 heteroatoms. The maximum absolute atomic E-state index is 13.0. The highest BCUT2D eigenvalue weighted by molar-refractivity contribution is 5.89. The Morgan fingerprint density at radius 3 is 2.53 bits per heavy atom. The van der Waals surface area contributed by atoms with Crippen LogP contribution in [0.1, 0.15) is 71.6 Å². The van der Waals surface area contributed by atoms with Gasteiger partial charge in [0.05, 0.1) is 11.7 Å². The largest absolute Gasteiger partial charge is 0.323 e. The number of carbonyl (C=O) groups is 1. The fourth-order valence-electron chi connectivity index (χ4n) is 4.28. The van der Waals surface area contributed by atoms with Crippen molar-refractivity contribution in [1.82, 2.24) is 10.2 Å². The van der Waals surface area contributed by atoms with E-state index in [2.05, 4.69) is 24.1 Å². The zero-order chi connectivity index (χ0) is 13.5. The first-order chi connectivity index (χ1) is 9.18. The van der Waals surface area contributed by atoms with Crippen molar-refractivity contribution in [1.29, 1.82) is 0 Å². The third-order valence-electron chi connectivity index (χ3n) is 5.71. The molecule has 3 nitrogen and oxygen atoms in total. The first-order valence-corrected chi connectivity index (χ1v) is 8.28. The number of nitrogens with one attached hydrogen (secondary N) is 1. The second-order valence-electron chi connectivity index (χ2n) is 6.88. The Hall–Kier alpha value is -0.570. The van der Waals surface area contributed by atoms with Crippen LogP contribution in [0.4, 0.5) is 0 Å². The summed E-state index contributed by atoms with van der Waals surface area (Å²) in [6.07, 6.45) is 11.1. The summed E-state index contributed by atoms with van der Waals surface area (Å²) < 4.78 is 0. The highest BCUT2D eigenvalue weighted by atomic mass is 16.2. The fraction of sp³-hybridized carbons (Fsp3) is 0.938. The van der Waals surface area contributed by atoms with Crippen molar-refractivity contribution >= 4 is 5.91 Å². The lowest BCUT2D eigenvalue weighted by atomic mass is 9.79. The Morgan fingerprint density at radius 1 is 1.32 bits per heavy atom. The van der Waals surface area contributed by atoms with Gasteiger partial charge in [-0.1, -0.05) is 32.6 Å². The molecule has 0 aromatic heterocycles. The second-order valence-corrected chi connectivity index (χ2v) is 6.88. The van der Waals surface area contributed by atoms with Gasteiger partial charge in [0, 0.05) is 6.04 Å². The topological polar surface area (TPSA) is 32.3 Å². The lowest BCUT2D eigenvalue weighted by molar-refractivity contribution is -0.136. The van der Waals surface area contributed by atoms with Crippen LogP contribution in [0.2, 0.25) is 0 Å². The van der Waals surface area contributed by atoms with E-state index in [4.69, 9.17) is 0 Å². The van der Waals surface area contributed by atoms with Gasteiger partial charge < -0.3 is 4.90 Å². The van der Waals surface area contributed by atoms with Gasteiger partial charge in [0.2, 0.25) is 5.91 Å². The lowest BCUT2D eigenvalue weighted by Gasteiger charge is -2.40. The minimum Gasteiger partial charge on any atom is -0.323 e. The molecule has 0 aromatic rings. The molecule has 0 radical (unpaired) electrons. The maximum Gasteiger partial charge on any atom is 0.244 e. The molecule has 2 aliphatic carbocycles. The minimum absolute atomic E-state index is 0.183. The number of nitrogens with zero attached hydrogens (tertiary/aromatic N) is 1. The van der Waals surface area contributed by atoms with E-state index in [0.29, 0.717) is 18.1 Å². The summed E-state index contributed by atoms with van der Waals surface area (Å²) in [5.41, 5.74) is -0.183.